The first kappa shape index (κ1) is 18.4. The number of thiophene rings is 1. The molecule has 3 rings (SSSR count). The van der Waals surface area contributed by atoms with Crippen molar-refractivity contribution in [2.75, 3.05) is 13.2 Å². The highest BCUT2D eigenvalue weighted by Gasteiger charge is 2.46. The van der Waals surface area contributed by atoms with E-state index in [2.05, 4.69) is 4.72 Å². The molecule has 0 saturated heterocycles. The lowest BCUT2D eigenvalue weighted by Gasteiger charge is -2.27. The summed E-state index contributed by atoms with van der Waals surface area (Å²) in [5.41, 5.74) is -0.373. The molecular weight excluding hydrogens is 358 g/mol. The summed E-state index contributed by atoms with van der Waals surface area (Å²) in [5, 5.41) is 12.9. The van der Waals surface area contributed by atoms with Crippen LogP contribution in [-0.2, 0) is 15.6 Å². The van der Waals surface area contributed by atoms with E-state index in [1.54, 1.807) is 12.1 Å². The number of benzene rings is 1. The summed E-state index contributed by atoms with van der Waals surface area (Å²) in [7, 11) is -3.71. The van der Waals surface area contributed by atoms with E-state index >= 15 is 0 Å². The Labute approximate surface area is 152 Å². The molecule has 0 spiro atoms. The Morgan fingerprint density at radius 1 is 1.36 bits per heavy atom. The molecule has 1 aromatic carbocycles. The average Bonchev–Trinajstić information content (AvgIpc) is 3.29. The molecular formula is C18H23NO4S2. The SMILES string of the molecule is CCOc1ccc(S(=O)(=O)NC[C@@](O)(c2cccs2)C2CC2)cc1C. The van der Waals surface area contributed by atoms with Crippen molar-refractivity contribution in [3.05, 3.63) is 46.2 Å². The smallest absolute Gasteiger partial charge is 0.240 e. The molecule has 1 heterocycles. The number of hydrogen-bond acceptors (Lipinski definition) is 5. The maximum Gasteiger partial charge on any atom is 0.240 e. The number of nitrogens with one attached hydrogen (secondary N) is 1. The highest BCUT2D eigenvalue weighted by atomic mass is 32.2. The molecule has 1 aliphatic carbocycles. The molecule has 136 valence electrons. The monoisotopic (exact) mass is 381 g/mol. The molecule has 0 radical (unpaired) electrons. The molecule has 0 unspecified atom stereocenters. The molecule has 7 heteroatoms. The third-order valence-electron chi connectivity index (χ3n) is 4.49. The summed E-state index contributed by atoms with van der Waals surface area (Å²) in [4.78, 5) is 0.985. The standard InChI is InChI=1S/C18H23NO4S2/c1-3-23-16-9-8-15(11-13(16)2)25(21,22)19-12-18(20,14-6-7-14)17-5-4-10-24-17/h4-5,8-11,14,19-20H,3,6-7,12H2,1-2H3/t18-/m0/s1. The van der Waals surface area contributed by atoms with E-state index in [0.717, 1.165) is 23.3 Å². The van der Waals surface area contributed by atoms with Gasteiger partial charge < -0.3 is 9.84 Å². The zero-order valence-electron chi connectivity index (χ0n) is 14.4. The van der Waals surface area contributed by atoms with E-state index in [1.807, 2.05) is 31.4 Å². The lowest BCUT2D eigenvalue weighted by atomic mass is 9.96. The van der Waals surface area contributed by atoms with Gasteiger partial charge in [-0.05, 0) is 67.8 Å². The van der Waals surface area contributed by atoms with Crippen molar-refractivity contribution in [2.45, 2.75) is 37.2 Å². The Morgan fingerprint density at radius 3 is 2.68 bits per heavy atom. The van der Waals surface area contributed by atoms with Gasteiger partial charge in [0.1, 0.15) is 11.4 Å². The number of ether oxygens (including phenoxy) is 1. The summed E-state index contributed by atoms with van der Waals surface area (Å²) < 4.78 is 33.4. The van der Waals surface area contributed by atoms with Crippen LogP contribution in [0.25, 0.3) is 0 Å². The number of aliphatic hydroxyl groups is 1. The second-order valence-electron chi connectivity index (χ2n) is 6.36. The van der Waals surface area contributed by atoms with E-state index in [0.29, 0.717) is 12.4 Å². The molecule has 25 heavy (non-hydrogen) atoms. The van der Waals surface area contributed by atoms with Crippen molar-refractivity contribution >= 4 is 21.4 Å². The Bertz CT molecular complexity index is 829. The van der Waals surface area contributed by atoms with Crippen molar-refractivity contribution in [1.29, 1.82) is 0 Å². The van der Waals surface area contributed by atoms with Crippen LogP contribution in [0.5, 0.6) is 5.75 Å². The average molecular weight is 382 g/mol. The minimum Gasteiger partial charge on any atom is -0.494 e. The van der Waals surface area contributed by atoms with Gasteiger partial charge in [0.15, 0.2) is 0 Å². The second-order valence-corrected chi connectivity index (χ2v) is 9.08. The molecule has 5 nitrogen and oxygen atoms in total. The number of rotatable bonds is 8. The van der Waals surface area contributed by atoms with Crippen molar-refractivity contribution in [1.82, 2.24) is 4.72 Å². The van der Waals surface area contributed by atoms with Crippen LogP contribution < -0.4 is 9.46 Å². The van der Waals surface area contributed by atoms with Crippen molar-refractivity contribution in [3.63, 3.8) is 0 Å². The van der Waals surface area contributed by atoms with E-state index in [-0.39, 0.29) is 17.4 Å². The first-order valence-electron chi connectivity index (χ1n) is 8.36. The van der Waals surface area contributed by atoms with Crippen LogP contribution in [0.1, 0.15) is 30.2 Å². The Balaban J connectivity index is 1.78. The molecule has 2 N–H and O–H groups in total. The lowest BCUT2D eigenvalue weighted by molar-refractivity contribution is 0.0222. The zero-order chi connectivity index (χ0) is 18.1. The molecule has 0 bridgehead atoms. The van der Waals surface area contributed by atoms with Gasteiger partial charge in [-0.25, -0.2) is 13.1 Å². The summed E-state index contributed by atoms with van der Waals surface area (Å²) in [5.74, 6) is 0.783. The van der Waals surface area contributed by atoms with Gasteiger partial charge in [0.05, 0.1) is 11.5 Å². The van der Waals surface area contributed by atoms with Crippen LogP contribution in [0.15, 0.2) is 40.6 Å². The molecule has 0 amide bonds. The number of aryl methyl sites for hydroxylation is 1. The van der Waals surface area contributed by atoms with Crippen LogP contribution in [0.3, 0.4) is 0 Å². The van der Waals surface area contributed by atoms with Gasteiger partial charge in [-0.3, -0.25) is 0 Å². The second kappa shape index (κ2) is 7.07. The molecule has 2 aromatic rings. The molecule has 1 fully saturated rings. The first-order valence-corrected chi connectivity index (χ1v) is 10.7. The fourth-order valence-corrected chi connectivity index (χ4v) is 4.97. The number of hydrogen-bond donors (Lipinski definition) is 2. The normalized spacial score (nSPS) is 17.2. The van der Waals surface area contributed by atoms with Gasteiger partial charge in [0, 0.05) is 11.4 Å². The van der Waals surface area contributed by atoms with E-state index in [4.69, 9.17) is 4.74 Å². The van der Waals surface area contributed by atoms with Gasteiger partial charge in [0.2, 0.25) is 10.0 Å². The van der Waals surface area contributed by atoms with Gasteiger partial charge in [0.25, 0.3) is 0 Å². The summed E-state index contributed by atoms with van der Waals surface area (Å²) >= 11 is 1.45. The molecule has 1 atom stereocenters. The van der Waals surface area contributed by atoms with Gasteiger partial charge in [-0.2, -0.15) is 0 Å². The maximum atomic E-state index is 12.7. The number of sulfonamides is 1. The van der Waals surface area contributed by atoms with Crippen LogP contribution in [0.4, 0.5) is 0 Å². The topological polar surface area (TPSA) is 75.6 Å². The van der Waals surface area contributed by atoms with Gasteiger partial charge in [-0.1, -0.05) is 6.07 Å². The van der Waals surface area contributed by atoms with Crippen molar-refractivity contribution < 1.29 is 18.3 Å². The highest BCUT2D eigenvalue weighted by Crippen LogP contribution is 2.46. The van der Waals surface area contributed by atoms with Crippen LogP contribution in [-0.4, -0.2) is 26.7 Å². The van der Waals surface area contributed by atoms with E-state index < -0.39 is 15.6 Å². The minimum absolute atomic E-state index is 0.0211. The van der Waals surface area contributed by atoms with Crippen molar-refractivity contribution in [3.8, 4) is 5.75 Å². The van der Waals surface area contributed by atoms with E-state index in [1.165, 1.54) is 17.4 Å². The molecule has 1 aromatic heterocycles. The summed E-state index contributed by atoms with van der Waals surface area (Å²) in [6, 6.07) is 8.52. The largest absolute Gasteiger partial charge is 0.494 e. The Kier molecular flexibility index (Phi) is 5.20. The maximum absolute atomic E-state index is 12.7. The van der Waals surface area contributed by atoms with E-state index in [9.17, 15) is 13.5 Å². The quantitative estimate of drug-likeness (QED) is 0.737. The third kappa shape index (κ3) is 3.89. The van der Waals surface area contributed by atoms with Gasteiger partial charge in [-0.15, -0.1) is 11.3 Å². The van der Waals surface area contributed by atoms with Crippen LogP contribution in [0, 0.1) is 12.8 Å². The first-order chi connectivity index (χ1) is 11.9. The summed E-state index contributed by atoms with van der Waals surface area (Å²) in [6.45, 7) is 4.21. The fraction of sp³-hybridized carbons (Fsp3) is 0.444. The molecule has 1 saturated carbocycles. The zero-order valence-corrected chi connectivity index (χ0v) is 16.0. The predicted molar refractivity (Wildman–Crippen MR) is 98.5 cm³/mol. The molecule has 0 aliphatic heterocycles. The summed E-state index contributed by atoms with van der Waals surface area (Å²) in [6.07, 6.45) is 1.83. The van der Waals surface area contributed by atoms with Crippen LogP contribution in [0.2, 0.25) is 0 Å². The Hall–Kier alpha value is -1.41. The third-order valence-corrected chi connectivity index (χ3v) is 6.92. The predicted octanol–water partition coefficient (Wildman–Crippen LogP) is 3.03. The lowest BCUT2D eigenvalue weighted by Crippen LogP contribution is -2.41. The van der Waals surface area contributed by atoms with Crippen LogP contribution >= 0.6 is 11.3 Å². The van der Waals surface area contributed by atoms with Gasteiger partial charge >= 0.3 is 0 Å². The minimum atomic E-state index is -3.71. The fourth-order valence-electron chi connectivity index (χ4n) is 2.91. The Morgan fingerprint density at radius 2 is 2.12 bits per heavy atom. The highest BCUT2D eigenvalue weighted by molar-refractivity contribution is 7.89. The van der Waals surface area contributed by atoms with Crippen molar-refractivity contribution in [2.24, 2.45) is 5.92 Å². The molecule has 1 aliphatic rings.